The minimum Gasteiger partial charge on any atom is -0.480 e. The largest absolute Gasteiger partial charge is 0.480 e. The lowest BCUT2D eigenvalue weighted by molar-refractivity contribution is -0.122. The van der Waals surface area contributed by atoms with Gasteiger partial charge >= 0.3 is 0 Å². The molecule has 2 rings (SSSR count). The molecule has 0 aliphatic rings. The fourth-order valence-corrected chi connectivity index (χ4v) is 3.88. The molecule has 1 amide bonds. The highest BCUT2D eigenvalue weighted by atomic mass is 32.2. The highest BCUT2D eigenvalue weighted by Crippen LogP contribution is 2.27. The number of hydrogen-bond acceptors (Lipinski definition) is 6. The number of carbonyl (C=O) groups excluding carboxylic acids is 1. The standard InChI is InChI=1S/C18H25N3O2S2/c1-6-14(23-15-8-7-12(4)9-13(15)5)16(22)19-17-20-21-18(25-17)24-10-11(2)3/h7-9,11,14H,6,10H2,1-5H3,(H,19,20,22)/t14-/m0/s1. The average Bonchev–Trinajstić information content (AvgIpc) is 2.99. The summed E-state index contributed by atoms with van der Waals surface area (Å²) in [5.41, 5.74) is 2.19. The van der Waals surface area contributed by atoms with E-state index in [0.29, 0.717) is 17.5 Å². The van der Waals surface area contributed by atoms with Gasteiger partial charge in [-0.3, -0.25) is 10.1 Å². The lowest BCUT2D eigenvalue weighted by Crippen LogP contribution is -2.32. The van der Waals surface area contributed by atoms with E-state index in [1.807, 2.05) is 39.0 Å². The van der Waals surface area contributed by atoms with Crippen LogP contribution in [0.2, 0.25) is 0 Å². The molecule has 1 N–H and O–H groups in total. The molecular weight excluding hydrogens is 354 g/mol. The highest BCUT2D eigenvalue weighted by molar-refractivity contribution is 8.01. The molecule has 0 spiro atoms. The number of anilines is 1. The summed E-state index contributed by atoms with van der Waals surface area (Å²) in [5, 5.41) is 11.5. The van der Waals surface area contributed by atoms with Crippen molar-refractivity contribution < 1.29 is 9.53 Å². The van der Waals surface area contributed by atoms with E-state index in [4.69, 9.17) is 4.74 Å². The van der Waals surface area contributed by atoms with Crippen LogP contribution in [0.5, 0.6) is 5.75 Å². The van der Waals surface area contributed by atoms with Crippen molar-refractivity contribution in [2.24, 2.45) is 5.92 Å². The summed E-state index contributed by atoms with van der Waals surface area (Å²) in [6, 6.07) is 5.94. The summed E-state index contributed by atoms with van der Waals surface area (Å²) >= 11 is 3.05. The Kier molecular flexibility index (Phi) is 7.25. The Balaban J connectivity index is 1.97. The first-order chi connectivity index (χ1) is 11.9. The second-order valence-electron chi connectivity index (χ2n) is 6.35. The number of benzene rings is 1. The average molecular weight is 380 g/mol. The third kappa shape index (κ3) is 6.01. The molecule has 0 unspecified atom stereocenters. The summed E-state index contributed by atoms with van der Waals surface area (Å²) in [6.07, 6.45) is 0.0180. The first-order valence-corrected chi connectivity index (χ1v) is 10.2. The highest BCUT2D eigenvalue weighted by Gasteiger charge is 2.21. The molecule has 1 heterocycles. The van der Waals surface area contributed by atoms with Crippen LogP contribution in [0.4, 0.5) is 5.13 Å². The van der Waals surface area contributed by atoms with E-state index in [2.05, 4.69) is 29.4 Å². The normalized spacial score (nSPS) is 12.2. The monoisotopic (exact) mass is 379 g/mol. The van der Waals surface area contributed by atoms with Gasteiger partial charge in [-0.05, 0) is 37.8 Å². The maximum Gasteiger partial charge on any atom is 0.267 e. The molecule has 5 nitrogen and oxygen atoms in total. The van der Waals surface area contributed by atoms with E-state index in [-0.39, 0.29) is 5.91 Å². The molecule has 136 valence electrons. The molecular formula is C18H25N3O2S2. The molecule has 0 radical (unpaired) electrons. The van der Waals surface area contributed by atoms with Crippen LogP contribution in [0.25, 0.3) is 0 Å². The number of aromatic nitrogens is 2. The number of ether oxygens (including phenoxy) is 1. The third-order valence-electron chi connectivity index (χ3n) is 3.44. The number of nitrogens with one attached hydrogen (secondary N) is 1. The van der Waals surface area contributed by atoms with Gasteiger partial charge in [0.25, 0.3) is 5.91 Å². The predicted molar refractivity (Wildman–Crippen MR) is 105 cm³/mol. The molecule has 0 aliphatic heterocycles. The Hall–Kier alpha value is -1.60. The smallest absolute Gasteiger partial charge is 0.267 e. The fraction of sp³-hybridized carbons (Fsp3) is 0.500. The first-order valence-electron chi connectivity index (χ1n) is 8.40. The second-order valence-corrected chi connectivity index (χ2v) is 8.60. The minimum absolute atomic E-state index is 0.195. The Morgan fingerprint density at radius 2 is 2.08 bits per heavy atom. The summed E-state index contributed by atoms with van der Waals surface area (Å²) < 4.78 is 6.78. The van der Waals surface area contributed by atoms with E-state index < -0.39 is 6.10 Å². The van der Waals surface area contributed by atoms with E-state index >= 15 is 0 Å². The number of rotatable bonds is 8. The van der Waals surface area contributed by atoms with E-state index in [0.717, 1.165) is 21.4 Å². The van der Waals surface area contributed by atoms with Crippen molar-refractivity contribution in [1.82, 2.24) is 10.2 Å². The lowest BCUT2D eigenvalue weighted by atomic mass is 10.1. The molecule has 25 heavy (non-hydrogen) atoms. The van der Waals surface area contributed by atoms with Crippen molar-refractivity contribution in [3.05, 3.63) is 29.3 Å². The molecule has 0 saturated heterocycles. The van der Waals surface area contributed by atoms with E-state index in [1.54, 1.807) is 11.8 Å². The lowest BCUT2D eigenvalue weighted by Gasteiger charge is -2.18. The summed E-state index contributed by atoms with van der Waals surface area (Å²) in [7, 11) is 0. The topological polar surface area (TPSA) is 64.1 Å². The molecule has 0 saturated carbocycles. The minimum atomic E-state index is -0.558. The summed E-state index contributed by atoms with van der Waals surface area (Å²) in [4.78, 5) is 12.5. The van der Waals surface area contributed by atoms with Crippen molar-refractivity contribution >= 4 is 34.1 Å². The van der Waals surface area contributed by atoms with Gasteiger partial charge < -0.3 is 4.74 Å². The SMILES string of the molecule is CC[C@H](Oc1ccc(C)cc1C)C(=O)Nc1nnc(SCC(C)C)s1. The zero-order valence-electron chi connectivity index (χ0n) is 15.3. The van der Waals surface area contributed by atoms with Crippen molar-refractivity contribution in [3.63, 3.8) is 0 Å². The number of carbonyl (C=O) groups is 1. The molecule has 1 aromatic carbocycles. The van der Waals surface area contributed by atoms with Crippen LogP contribution in [-0.4, -0.2) is 28.0 Å². The van der Waals surface area contributed by atoms with Crippen molar-refractivity contribution in [2.45, 2.75) is 51.5 Å². The van der Waals surface area contributed by atoms with Crippen molar-refractivity contribution in [1.29, 1.82) is 0 Å². The van der Waals surface area contributed by atoms with Crippen LogP contribution >= 0.6 is 23.1 Å². The van der Waals surface area contributed by atoms with Gasteiger partial charge in [-0.15, -0.1) is 10.2 Å². The van der Waals surface area contributed by atoms with Gasteiger partial charge in [0.05, 0.1) is 0 Å². The molecule has 1 aromatic heterocycles. The number of thioether (sulfide) groups is 1. The fourth-order valence-electron chi connectivity index (χ4n) is 2.15. The van der Waals surface area contributed by atoms with Gasteiger partial charge in [-0.1, -0.05) is 61.6 Å². The third-order valence-corrected chi connectivity index (χ3v) is 5.84. The zero-order valence-corrected chi connectivity index (χ0v) is 17.0. The molecule has 0 bridgehead atoms. The molecule has 7 heteroatoms. The number of hydrogen-bond donors (Lipinski definition) is 1. The van der Waals surface area contributed by atoms with Crippen LogP contribution in [0, 0.1) is 19.8 Å². The number of amides is 1. The second kappa shape index (κ2) is 9.20. The van der Waals surface area contributed by atoms with Gasteiger partial charge in [-0.25, -0.2) is 0 Å². The van der Waals surface area contributed by atoms with Gasteiger partial charge in [-0.2, -0.15) is 0 Å². The van der Waals surface area contributed by atoms with E-state index in [1.165, 1.54) is 16.9 Å². The summed E-state index contributed by atoms with van der Waals surface area (Å²) in [6.45, 7) is 10.3. The van der Waals surface area contributed by atoms with Crippen LogP contribution in [0.3, 0.4) is 0 Å². The van der Waals surface area contributed by atoms with Gasteiger partial charge in [0.2, 0.25) is 5.13 Å². The van der Waals surface area contributed by atoms with Gasteiger partial charge in [0.15, 0.2) is 10.4 Å². The molecule has 0 fully saturated rings. The number of nitrogens with zero attached hydrogens (tertiary/aromatic N) is 2. The van der Waals surface area contributed by atoms with E-state index in [9.17, 15) is 4.79 Å². The Morgan fingerprint density at radius 3 is 2.72 bits per heavy atom. The Bertz CT molecular complexity index is 716. The maximum atomic E-state index is 12.5. The summed E-state index contributed by atoms with van der Waals surface area (Å²) in [5.74, 6) is 2.11. The number of aryl methyl sites for hydroxylation is 2. The Morgan fingerprint density at radius 1 is 1.32 bits per heavy atom. The van der Waals surface area contributed by atoms with Crippen LogP contribution in [0.15, 0.2) is 22.5 Å². The first kappa shape index (κ1) is 19.7. The van der Waals surface area contributed by atoms with Crippen LogP contribution < -0.4 is 10.1 Å². The zero-order chi connectivity index (χ0) is 18.4. The van der Waals surface area contributed by atoms with Crippen LogP contribution in [-0.2, 0) is 4.79 Å². The predicted octanol–water partition coefficient (Wildman–Crippen LogP) is 4.70. The van der Waals surface area contributed by atoms with Crippen molar-refractivity contribution in [2.75, 3.05) is 11.1 Å². The molecule has 1 atom stereocenters. The maximum absolute atomic E-state index is 12.5. The van der Waals surface area contributed by atoms with Crippen molar-refractivity contribution in [3.8, 4) is 5.75 Å². The van der Waals surface area contributed by atoms with Crippen LogP contribution in [0.1, 0.15) is 38.3 Å². The van der Waals surface area contributed by atoms with Gasteiger partial charge in [0, 0.05) is 5.75 Å². The van der Waals surface area contributed by atoms with Gasteiger partial charge in [0.1, 0.15) is 5.75 Å². The Labute approximate surface area is 157 Å². The molecule has 2 aromatic rings. The quantitative estimate of drug-likeness (QED) is 0.532. The molecule has 0 aliphatic carbocycles.